The number of nitrogens with one attached hydrogen (secondary N) is 2. The van der Waals surface area contributed by atoms with E-state index in [2.05, 4.69) is 10.6 Å². The van der Waals surface area contributed by atoms with E-state index in [1.807, 2.05) is 32.0 Å². The smallest absolute Gasteiger partial charge is 0.226 e. The van der Waals surface area contributed by atoms with Crippen molar-refractivity contribution >= 4 is 17.3 Å². The van der Waals surface area contributed by atoms with Crippen LogP contribution in [0.3, 0.4) is 0 Å². The van der Waals surface area contributed by atoms with Crippen LogP contribution in [0.2, 0.25) is 0 Å². The predicted octanol–water partition coefficient (Wildman–Crippen LogP) is 1.52. The number of ether oxygens (including phenoxy) is 1. The fourth-order valence-corrected chi connectivity index (χ4v) is 2.11. The number of amides is 1. The quantitative estimate of drug-likeness (QED) is 0.723. The van der Waals surface area contributed by atoms with Gasteiger partial charge in [-0.1, -0.05) is 19.9 Å². The average molecular weight is 263 g/mol. The Morgan fingerprint density at radius 2 is 2.32 bits per heavy atom. The molecule has 0 spiro atoms. The molecule has 0 saturated carbocycles. The van der Waals surface area contributed by atoms with Crippen molar-refractivity contribution in [3.05, 3.63) is 23.8 Å². The molecule has 1 aliphatic rings. The Hall–Kier alpha value is -1.59. The van der Waals surface area contributed by atoms with Crippen molar-refractivity contribution in [1.29, 1.82) is 0 Å². The minimum Gasteiger partial charge on any atom is -0.398 e. The fourth-order valence-electron chi connectivity index (χ4n) is 2.11. The minimum atomic E-state index is -0.0650. The van der Waals surface area contributed by atoms with Gasteiger partial charge in [0.15, 0.2) is 0 Å². The van der Waals surface area contributed by atoms with E-state index in [9.17, 15) is 4.79 Å². The van der Waals surface area contributed by atoms with Gasteiger partial charge in [-0.05, 0) is 12.1 Å². The van der Waals surface area contributed by atoms with E-state index in [4.69, 9.17) is 10.5 Å². The van der Waals surface area contributed by atoms with Gasteiger partial charge in [0.2, 0.25) is 5.91 Å². The highest BCUT2D eigenvalue weighted by Gasteiger charge is 2.22. The first-order valence-electron chi connectivity index (χ1n) is 6.60. The summed E-state index contributed by atoms with van der Waals surface area (Å²) in [6.45, 7) is 5.79. The topological polar surface area (TPSA) is 76.4 Å². The third-order valence-electron chi connectivity index (χ3n) is 3.19. The van der Waals surface area contributed by atoms with Crippen LogP contribution in [-0.4, -0.2) is 25.7 Å². The largest absolute Gasteiger partial charge is 0.398 e. The Morgan fingerprint density at radius 1 is 1.53 bits per heavy atom. The third-order valence-corrected chi connectivity index (χ3v) is 3.19. The zero-order chi connectivity index (χ0) is 13.8. The van der Waals surface area contributed by atoms with Crippen molar-refractivity contribution < 1.29 is 9.53 Å². The molecule has 1 aliphatic heterocycles. The lowest BCUT2D eigenvalue weighted by atomic mass is 10.0. The molecule has 0 radical (unpaired) electrons. The van der Waals surface area contributed by atoms with E-state index in [0.29, 0.717) is 18.9 Å². The van der Waals surface area contributed by atoms with E-state index in [1.54, 1.807) is 0 Å². The molecule has 1 aromatic carbocycles. The van der Waals surface area contributed by atoms with Crippen LogP contribution in [0.5, 0.6) is 0 Å². The van der Waals surface area contributed by atoms with Crippen LogP contribution in [0.1, 0.15) is 25.5 Å². The number of carbonyl (C=O) groups excluding carboxylic acids is 1. The lowest BCUT2D eigenvalue weighted by Crippen LogP contribution is -2.35. The van der Waals surface area contributed by atoms with Crippen LogP contribution < -0.4 is 16.4 Å². The van der Waals surface area contributed by atoms with Crippen LogP contribution >= 0.6 is 0 Å². The summed E-state index contributed by atoms with van der Waals surface area (Å²) in [6.07, 6.45) is 0. The zero-order valence-corrected chi connectivity index (χ0v) is 11.4. The average Bonchev–Trinajstić information content (AvgIpc) is 2.39. The number of rotatable bonds is 3. The van der Waals surface area contributed by atoms with Gasteiger partial charge >= 0.3 is 0 Å². The SMILES string of the molecule is CC(C)C(=O)Nc1cccc(N)c1C1COCCN1. The summed E-state index contributed by atoms with van der Waals surface area (Å²) >= 11 is 0. The Kier molecular flexibility index (Phi) is 4.39. The molecule has 1 unspecified atom stereocenters. The second-order valence-corrected chi connectivity index (χ2v) is 5.03. The molecule has 104 valence electrons. The number of benzene rings is 1. The van der Waals surface area contributed by atoms with E-state index in [1.165, 1.54) is 0 Å². The van der Waals surface area contributed by atoms with E-state index in [0.717, 1.165) is 17.8 Å². The van der Waals surface area contributed by atoms with Crippen LogP contribution in [0.15, 0.2) is 18.2 Å². The van der Waals surface area contributed by atoms with E-state index in [-0.39, 0.29) is 17.9 Å². The molecule has 1 fully saturated rings. The molecular formula is C14H21N3O2. The highest BCUT2D eigenvalue weighted by molar-refractivity contribution is 5.93. The molecule has 2 rings (SSSR count). The van der Waals surface area contributed by atoms with Gasteiger partial charge < -0.3 is 21.1 Å². The lowest BCUT2D eigenvalue weighted by molar-refractivity contribution is -0.118. The van der Waals surface area contributed by atoms with Gasteiger partial charge in [0, 0.05) is 29.4 Å². The van der Waals surface area contributed by atoms with Crippen LogP contribution in [0.25, 0.3) is 0 Å². The molecule has 5 heteroatoms. The van der Waals surface area contributed by atoms with Crippen molar-refractivity contribution in [2.75, 3.05) is 30.8 Å². The molecule has 5 nitrogen and oxygen atoms in total. The van der Waals surface area contributed by atoms with Crippen LogP contribution in [0.4, 0.5) is 11.4 Å². The Labute approximate surface area is 113 Å². The lowest BCUT2D eigenvalue weighted by Gasteiger charge is -2.27. The van der Waals surface area contributed by atoms with Gasteiger partial charge in [0.25, 0.3) is 0 Å². The molecule has 0 aliphatic carbocycles. The summed E-state index contributed by atoms with van der Waals surface area (Å²) in [5, 5.41) is 6.30. The Morgan fingerprint density at radius 3 is 2.95 bits per heavy atom. The molecule has 1 aromatic rings. The predicted molar refractivity (Wildman–Crippen MR) is 75.9 cm³/mol. The van der Waals surface area contributed by atoms with Gasteiger partial charge in [-0.2, -0.15) is 0 Å². The summed E-state index contributed by atoms with van der Waals surface area (Å²) in [7, 11) is 0. The molecule has 0 bridgehead atoms. The van der Waals surface area contributed by atoms with E-state index >= 15 is 0 Å². The van der Waals surface area contributed by atoms with Gasteiger partial charge in [0.1, 0.15) is 0 Å². The van der Waals surface area contributed by atoms with Crippen molar-refractivity contribution in [3.8, 4) is 0 Å². The zero-order valence-electron chi connectivity index (χ0n) is 11.4. The first-order chi connectivity index (χ1) is 9.09. The number of hydrogen-bond donors (Lipinski definition) is 3. The van der Waals surface area contributed by atoms with Crippen LogP contribution in [0, 0.1) is 5.92 Å². The van der Waals surface area contributed by atoms with Crippen molar-refractivity contribution in [1.82, 2.24) is 5.32 Å². The number of nitrogen functional groups attached to an aromatic ring is 1. The van der Waals surface area contributed by atoms with Gasteiger partial charge in [-0.3, -0.25) is 4.79 Å². The first-order valence-corrected chi connectivity index (χ1v) is 6.60. The number of anilines is 2. The summed E-state index contributed by atoms with van der Waals surface area (Å²) in [5.74, 6) is -0.0755. The maximum absolute atomic E-state index is 11.9. The number of morpholine rings is 1. The Balaban J connectivity index is 2.27. The van der Waals surface area contributed by atoms with Crippen LogP contribution in [-0.2, 0) is 9.53 Å². The third kappa shape index (κ3) is 3.24. The highest BCUT2D eigenvalue weighted by Crippen LogP contribution is 2.30. The van der Waals surface area contributed by atoms with Crippen molar-refractivity contribution in [2.24, 2.45) is 5.92 Å². The maximum atomic E-state index is 11.9. The standard InChI is InChI=1S/C14H21N3O2/c1-9(2)14(18)17-11-5-3-4-10(15)13(11)12-8-19-7-6-16-12/h3-5,9,12,16H,6-8,15H2,1-2H3,(H,17,18). The molecule has 0 aromatic heterocycles. The number of carbonyl (C=O) groups is 1. The maximum Gasteiger partial charge on any atom is 0.226 e. The monoisotopic (exact) mass is 263 g/mol. The van der Waals surface area contributed by atoms with Gasteiger partial charge in [0.05, 0.1) is 19.3 Å². The number of nitrogens with two attached hydrogens (primary N) is 1. The van der Waals surface area contributed by atoms with Crippen molar-refractivity contribution in [2.45, 2.75) is 19.9 Å². The summed E-state index contributed by atoms with van der Waals surface area (Å²) < 4.78 is 5.47. The van der Waals surface area contributed by atoms with Gasteiger partial charge in [-0.15, -0.1) is 0 Å². The molecular weight excluding hydrogens is 242 g/mol. The molecule has 4 N–H and O–H groups in total. The minimum absolute atomic E-state index is 0.0106. The summed E-state index contributed by atoms with van der Waals surface area (Å²) in [5.41, 5.74) is 8.41. The second kappa shape index (κ2) is 6.04. The van der Waals surface area contributed by atoms with Crippen molar-refractivity contribution in [3.63, 3.8) is 0 Å². The van der Waals surface area contributed by atoms with Gasteiger partial charge in [-0.25, -0.2) is 0 Å². The molecule has 1 saturated heterocycles. The summed E-state index contributed by atoms with van der Waals surface area (Å²) in [6, 6.07) is 5.59. The van der Waals surface area contributed by atoms with E-state index < -0.39 is 0 Å². The second-order valence-electron chi connectivity index (χ2n) is 5.03. The number of hydrogen-bond acceptors (Lipinski definition) is 4. The highest BCUT2D eigenvalue weighted by atomic mass is 16.5. The molecule has 1 heterocycles. The fraction of sp³-hybridized carbons (Fsp3) is 0.500. The first kappa shape index (κ1) is 13.8. The molecule has 1 amide bonds. The summed E-state index contributed by atoms with van der Waals surface area (Å²) in [4.78, 5) is 11.9. The molecule has 19 heavy (non-hydrogen) atoms. The normalized spacial score (nSPS) is 19.4. The Bertz CT molecular complexity index is 454. The molecule has 1 atom stereocenters.